The van der Waals surface area contributed by atoms with Crippen molar-refractivity contribution in [3.05, 3.63) is 0 Å². The van der Waals surface area contributed by atoms with Gasteiger partial charge in [0.25, 0.3) is 0 Å². The van der Waals surface area contributed by atoms with Gasteiger partial charge < -0.3 is 4.79 Å². The van der Waals surface area contributed by atoms with Crippen LogP contribution in [0.3, 0.4) is 0 Å². The molecule has 0 saturated heterocycles. The van der Waals surface area contributed by atoms with Crippen LogP contribution >= 0.6 is 0 Å². The molecular formula is C10H14O3. The Morgan fingerprint density at radius 3 is 2.31 bits per heavy atom. The van der Waals surface area contributed by atoms with E-state index in [9.17, 15) is 14.4 Å². The minimum Gasteiger partial charge on any atom is -0.302 e. The predicted molar refractivity (Wildman–Crippen MR) is 47.3 cm³/mol. The Labute approximate surface area is 77.5 Å². The molecule has 0 N–H and O–H groups in total. The molecule has 0 aromatic carbocycles. The first-order valence-electron chi connectivity index (χ1n) is 4.70. The molecule has 0 spiro atoms. The Kier molecular flexibility index (Phi) is 2.96. The Balaban J connectivity index is 2.55. The molecular weight excluding hydrogens is 168 g/mol. The number of unbranched alkanes of at least 4 members (excludes halogenated alkanes) is 2. The van der Waals surface area contributed by atoms with E-state index in [-0.39, 0.29) is 18.0 Å². The zero-order valence-corrected chi connectivity index (χ0v) is 7.84. The average molecular weight is 182 g/mol. The van der Waals surface area contributed by atoms with Crippen LogP contribution in [0.2, 0.25) is 0 Å². The minimum atomic E-state index is -1.23. The highest BCUT2D eigenvalue weighted by atomic mass is 16.2. The maximum absolute atomic E-state index is 11.1. The number of hydrogen-bond donors (Lipinski definition) is 0. The summed E-state index contributed by atoms with van der Waals surface area (Å²) in [5.74, 6) is -0.382. The molecule has 13 heavy (non-hydrogen) atoms. The van der Waals surface area contributed by atoms with E-state index in [4.69, 9.17) is 0 Å². The van der Waals surface area contributed by atoms with Gasteiger partial charge in [-0.3, -0.25) is 9.59 Å². The van der Waals surface area contributed by atoms with Crippen LogP contribution in [0.25, 0.3) is 0 Å². The quantitative estimate of drug-likeness (QED) is 0.366. The second-order valence-electron chi connectivity index (χ2n) is 3.57. The second-order valence-corrected chi connectivity index (χ2v) is 3.57. The lowest BCUT2D eigenvalue weighted by Crippen LogP contribution is -2.51. The van der Waals surface area contributed by atoms with E-state index >= 15 is 0 Å². The molecule has 0 aromatic heterocycles. The van der Waals surface area contributed by atoms with Crippen LogP contribution in [0.5, 0.6) is 0 Å². The van der Waals surface area contributed by atoms with E-state index in [1.165, 1.54) is 0 Å². The molecule has 1 saturated carbocycles. The van der Waals surface area contributed by atoms with Crippen LogP contribution in [-0.2, 0) is 14.4 Å². The van der Waals surface area contributed by atoms with Crippen LogP contribution in [0.1, 0.15) is 39.0 Å². The van der Waals surface area contributed by atoms with Crippen molar-refractivity contribution in [1.29, 1.82) is 0 Å². The van der Waals surface area contributed by atoms with Crippen molar-refractivity contribution in [3.8, 4) is 0 Å². The summed E-state index contributed by atoms with van der Waals surface area (Å²) in [6.45, 7) is 2.04. The third-order valence-electron chi connectivity index (χ3n) is 2.69. The average Bonchev–Trinajstić information content (AvgIpc) is 2.12. The summed E-state index contributed by atoms with van der Waals surface area (Å²) in [5.41, 5.74) is -1.23. The van der Waals surface area contributed by atoms with Gasteiger partial charge >= 0.3 is 0 Å². The Morgan fingerprint density at radius 2 is 1.92 bits per heavy atom. The molecule has 1 fully saturated rings. The highest BCUT2D eigenvalue weighted by Crippen LogP contribution is 2.36. The zero-order valence-electron chi connectivity index (χ0n) is 7.84. The number of carbonyl (C=O) groups excluding carboxylic acids is 3. The van der Waals surface area contributed by atoms with Crippen LogP contribution in [-0.4, -0.2) is 17.9 Å². The Hall–Kier alpha value is -0.990. The van der Waals surface area contributed by atoms with Crippen molar-refractivity contribution in [2.24, 2.45) is 5.41 Å². The van der Waals surface area contributed by atoms with E-state index in [1.54, 1.807) is 0 Å². The van der Waals surface area contributed by atoms with Crippen LogP contribution in [0, 0.1) is 5.41 Å². The fourth-order valence-electron chi connectivity index (χ4n) is 1.63. The van der Waals surface area contributed by atoms with Gasteiger partial charge in [-0.2, -0.15) is 0 Å². The highest BCUT2D eigenvalue weighted by molar-refractivity contribution is 6.33. The standard InChI is InChI=1S/C10H14O3/c1-2-3-4-5-10(7-11)8(12)6-9(10)13/h7H,2-6H2,1H3. The Bertz CT molecular complexity index is 229. The smallest absolute Gasteiger partial charge is 0.160 e. The summed E-state index contributed by atoms with van der Waals surface area (Å²) in [4.78, 5) is 33.0. The topological polar surface area (TPSA) is 51.2 Å². The van der Waals surface area contributed by atoms with Gasteiger partial charge in [0, 0.05) is 0 Å². The van der Waals surface area contributed by atoms with Crippen LogP contribution in [0.15, 0.2) is 0 Å². The molecule has 1 rings (SSSR count). The van der Waals surface area contributed by atoms with Gasteiger partial charge in [-0.15, -0.1) is 0 Å². The van der Waals surface area contributed by atoms with E-state index in [0.29, 0.717) is 12.7 Å². The molecule has 0 bridgehead atoms. The third kappa shape index (κ3) is 1.55. The summed E-state index contributed by atoms with van der Waals surface area (Å²) in [6, 6.07) is 0. The first-order chi connectivity index (χ1) is 6.17. The maximum Gasteiger partial charge on any atom is 0.160 e. The molecule has 0 atom stereocenters. The summed E-state index contributed by atoms with van der Waals surface area (Å²) < 4.78 is 0. The predicted octanol–water partition coefficient (Wildman–Crippen LogP) is 1.29. The van der Waals surface area contributed by atoms with Gasteiger partial charge in [0.2, 0.25) is 0 Å². The Morgan fingerprint density at radius 1 is 1.31 bits per heavy atom. The number of Topliss-reactive ketones (excluding diaryl/α,β-unsaturated/α-hetero) is 2. The lowest BCUT2D eigenvalue weighted by Gasteiger charge is -2.32. The summed E-state index contributed by atoms with van der Waals surface area (Å²) in [7, 11) is 0. The highest BCUT2D eigenvalue weighted by Gasteiger charge is 2.53. The molecule has 3 nitrogen and oxygen atoms in total. The van der Waals surface area contributed by atoms with Gasteiger partial charge in [-0.1, -0.05) is 26.2 Å². The van der Waals surface area contributed by atoms with Crippen molar-refractivity contribution in [1.82, 2.24) is 0 Å². The lowest BCUT2D eigenvalue weighted by molar-refractivity contribution is -0.155. The molecule has 1 aliphatic carbocycles. The summed E-state index contributed by atoms with van der Waals surface area (Å²) >= 11 is 0. The SMILES string of the molecule is CCCCCC1(C=O)C(=O)CC1=O. The fourth-order valence-corrected chi connectivity index (χ4v) is 1.63. The van der Waals surface area contributed by atoms with Crippen molar-refractivity contribution in [2.75, 3.05) is 0 Å². The molecule has 0 aliphatic heterocycles. The molecule has 0 aromatic rings. The molecule has 1 aliphatic rings. The lowest BCUT2D eigenvalue weighted by atomic mass is 9.64. The zero-order chi connectivity index (χ0) is 9.90. The van der Waals surface area contributed by atoms with Crippen molar-refractivity contribution in [3.63, 3.8) is 0 Å². The molecule has 0 unspecified atom stereocenters. The van der Waals surface area contributed by atoms with Crippen LogP contribution < -0.4 is 0 Å². The molecule has 0 amide bonds. The van der Waals surface area contributed by atoms with E-state index in [2.05, 4.69) is 0 Å². The summed E-state index contributed by atoms with van der Waals surface area (Å²) in [5, 5.41) is 0. The molecule has 72 valence electrons. The van der Waals surface area contributed by atoms with Crippen molar-refractivity contribution < 1.29 is 14.4 Å². The van der Waals surface area contributed by atoms with Gasteiger partial charge in [0.1, 0.15) is 11.7 Å². The number of ketones is 2. The largest absolute Gasteiger partial charge is 0.302 e. The minimum absolute atomic E-state index is 0.0368. The van der Waals surface area contributed by atoms with E-state index in [1.807, 2.05) is 6.92 Å². The number of hydrogen-bond acceptors (Lipinski definition) is 3. The monoisotopic (exact) mass is 182 g/mol. The van der Waals surface area contributed by atoms with Crippen molar-refractivity contribution in [2.45, 2.75) is 39.0 Å². The van der Waals surface area contributed by atoms with Gasteiger partial charge in [-0.25, -0.2) is 0 Å². The molecule has 0 heterocycles. The molecule has 3 heteroatoms. The van der Waals surface area contributed by atoms with Gasteiger partial charge in [-0.05, 0) is 6.42 Å². The fraction of sp³-hybridized carbons (Fsp3) is 0.700. The first-order valence-corrected chi connectivity index (χ1v) is 4.70. The van der Waals surface area contributed by atoms with Gasteiger partial charge in [0.05, 0.1) is 6.42 Å². The maximum atomic E-state index is 11.1. The van der Waals surface area contributed by atoms with Crippen molar-refractivity contribution >= 4 is 17.9 Å². The number of carbonyl (C=O) groups is 3. The van der Waals surface area contributed by atoms with Crippen LogP contribution in [0.4, 0.5) is 0 Å². The molecule has 0 radical (unpaired) electrons. The first kappa shape index (κ1) is 10.1. The second kappa shape index (κ2) is 3.81. The van der Waals surface area contributed by atoms with Gasteiger partial charge in [0.15, 0.2) is 11.6 Å². The number of rotatable bonds is 5. The van der Waals surface area contributed by atoms with E-state index in [0.717, 1.165) is 19.3 Å². The normalized spacial score (nSPS) is 19.8. The number of aldehydes is 1. The van der Waals surface area contributed by atoms with E-state index < -0.39 is 5.41 Å². The summed E-state index contributed by atoms with van der Waals surface area (Å²) in [6.07, 6.45) is 3.70. The third-order valence-corrected chi connectivity index (χ3v) is 2.69.